The molecule has 2 N–H and O–H groups in total. The fourth-order valence-electron chi connectivity index (χ4n) is 2.14. The van der Waals surface area contributed by atoms with Crippen LogP contribution in [-0.2, 0) is 6.54 Å². The zero-order valence-corrected chi connectivity index (χ0v) is 14.8. The highest BCUT2D eigenvalue weighted by atomic mass is 79.9. The first-order chi connectivity index (χ1) is 11.9. The van der Waals surface area contributed by atoms with Gasteiger partial charge < -0.3 is 15.4 Å². The first-order valence-electron chi connectivity index (χ1n) is 6.90. The molecular formula is C14H10BrClN6O3. The molecule has 0 bridgehead atoms. The summed E-state index contributed by atoms with van der Waals surface area (Å²) in [6, 6.07) is 7.12. The number of rotatable bonds is 5. The molecule has 128 valence electrons. The molecule has 0 aliphatic heterocycles. The molecule has 1 amide bonds. The largest absolute Gasteiger partial charge is 0.362 e. The first-order valence-corrected chi connectivity index (χ1v) is 8.07. The number of halogens is 2. The van der Waals surface area contributed by atoms with Gasteiger partial charge in [-0.05, 0) is 38.5 Å². The summed E-state index contributed by atoms with van der Waals surface area (Å²) in [6.45, 7) is 0.518. The fraction of sp³-hybridized carbons (Fsp3) is 0.0714. The van der Waals surface area contributed by atoms with Crippen LogP contribution in [0.4, 0.5) is 11.5 Å². The predicted octanol–water partition coefficient (Wildman–Crippen LogP) is 3.23. The number of hydrogen-bond acceptors (Lipinski definition) is 5. The Morgan fingerprint density at radius 1 is 1.48 bits per heavy atom. The molecule has 0 aliphatic rings. The van der Waals surface area contributed by atoms with Crippen LogP contribution in [-0.4, -0.2) is 30.8 Å². The molecule has 0 unspecified atom stereocenters. The summed E-state index contributed by atoms with van der Waals surface area (Å²) in [6.07, 6.45) is 3.51. The molecule has 2 heterocycles. The van der Waals surface area contributed by atoms with Crippen LogP contribution in [0.3, 0.4) is 0 Å². The average Bonchev–Trinajstić information content (AvgIpc) is 3.13. The van der Waals surface area contributed by atoms with Gasteiger partial charge >= 0.3 is 5.82 Å². The van der Waals surface area contributed by atoms with Gasteiger partial charge in [0.25, 0.3) is 5.91 Å². The monoisotopic (exact) mass is 424 g/mol. The number of nitrogens with one attached hydrogen (secondary N) is 2. The lowest BCUT2D eigenvalue weighted by molar-refractivity contribution is -0.389. The fourth-order valence-corrected chi connectivity index (χ4v) is 2.71. The molecule has 0 atom stereocenters. The van der Waals surface area contributed by atoms with Gasteiger partial charge in [-0.15, -0.1) is 5.10 Å². The molecule has 1 aromatic carbocycles. The second-order valence-corrected chi connectivity index (χ2v) is 6.30. The van der Waals surface area contributed by atoms with Gasteiger partial charge in [0.2, 0.25) is 0 Å². The van der Waals surface area contributed by atoms with Gasteiger partial charge in [-0.1, -0.05) is 28.8 Å². The van der Waals surface area contributed by atoms with Crippen LogP contribution in [0.25, 0.3) is 0 Å². The van der Waals surface area contributed by atoms with Crippen LogP contribution in [0, 0.1) is 10.1 Å². The van der Waals surface area contributed by atoms with Crippen molar-refractivity contribution in [3.8, 4) is 0 Å². The van der Waals surface area contributed by atoms with E-state index in [2.05, 4.69) is 36.5 Å². The number of nitrogens with zero attached hydrogens (tertiary/aromatic N) is 4. The molecule has 3 rings (SSSR count). The molecular weight excluding hydrogens is 416 g/mol. The average molecular weight is 426 g/mol. The molecule has 0 fully saturated rings. The zero-order chi connectivity index (χ0) is 18.0. The van der Waals surface area contributed by atoms with Crippen molar-refractivity contribution in [2.24, 2.45) is 0 Å². The van der Waals surface area contributed by atoms with Crippen LogP contribution in [0.1, 0.15) is 16.1 Å². The number of benzene rings is 1. The molecule has 0 saturated carbocycles. The molecule has 0 spiro atoms. The maximum atomic E-state index is 12.2. The van der Waals surface area contributed by atoms with Gasteiger partial charge in [-0.2, -0.15) is 5.10 Å². The van der Waals surface area contributed by atoms with Gasteiger partial charge in [0.15, 0.2) is 10.7 Å². The van der Waals surface area contributed by atoms with Crippen LogP contribution in [0.2, 0.25) is 5.02 Å². The summed E-state index contributed by atoms with van der Waals surface area (Å²) >= 11 is 9.14. The minimum atomic E-state index is -0.741. The van der Waals surface area contributed by atoms with Gasteiger partial charge in [0.1, 0.15) is 0 Å². The number of nitro groups is 1. The lowest BCUT2D eigenvalue weighted by atomic mass is 10.2. The molecule has 2 aromatic heterocycles. The number of anilines is 1. The third kappa shape index (κ3) is 3.86. The summed E-state index contributed by atoms with van der Waals surface area (Å²) < 4.78 is 2.60. The Balaban J connectivity index is 1.75. The van der Waals surface area contributed by atoms with E-state index in [1.807, 2.05) is 12.3 Å². The Hall–Kier alpha value is -2.72. The van der Waals surface area contributed by atoms with Crippen LogP contribution in [0.5, 0.6) is 0 Å². The Labute approximate surface area is 154 Å². The third-order valence-electron chi connectivity index (χ3n) is 3.22. The molecule has 0 aliphatic carbocycles. The lowest BCUT2D eigenvalue weighted by Gasteiger charge is -2.06. The summed E-state index contributed by atoms with van der Waals surface area (Å²) in [5.74, 6) is -1.17. The number of carbonyl (C=O) groups is 1. The first kappa shape index (κ1) is 17.1. The number of aromatic nitrogens is 4. The van der Waals surface area contributed by atoms with E-state index in [0.717, 1.165) is 10.0 Å². The normalized spacial score (nSPS) is 10.6. The van der Waals surface area contributed by atoms with Crippen LogP contribution in [0.15, 0.2) is 41.1 Å². The highest BCUT2D eigenvalue weighted by Crippen LogP contribution is 2.25. The van der Waals surface area contributed by atoms with E-state index in [1.54, 1.807) is 29.1 Å². The predicted molar refractivity (Wildman–Crippen MR) is 93.7 cm³/mol. The zero-order valence-electron chi connectivity index (χ0n) is 12.4. The lowest BCUT2D eigenvalue weighted by Crippen LogP contribution is -2.13. The van der Waals surface area contributed by atoms with E-state index in [4.69, 9.17) is 11.6 Å². The van der Waals surface area contributed by atoms with E-state index in [1.165, 1.54) is 0 Å². The van der Waals surface area contributed by atoms with Crippen LogP contribution >= 0.6 is 27.5 Å². The number of amides is 1. The number of H-pyrrole nitrogens is 1. The quantitative estimate of drug-likeness (QED) is 0.480. The van der Waals surface area contributed by atoms with E-state index in [-0.39, 0.29) is 10.7 Å². The van der Waals surface area contributed by atoms with Crippen molar-refractivity contribution in [2.75, 3.05) is 5.32 Å². The van der Waals surface area contributed by atoms with Crippen molar-refractivity contribution >= 4 is 44.9 Å². The Kier molecular flexibility index (Phi) is 4.81. The molecule has 0 saturated heterocycles. The van der Waals surface area contributed by atoms with Crippen molar-refractivity contribution in [1.82, 2.24) is 20.0 Å². The van der Waals surface area contributed by atoms with Gasteiger partial charge in [0, 0.05) is 11.9 Å². The summed E-state index contributed by atoms with van der Waals surface area (Å²) in [5.41, 5.74) is 1.18. The standard InChI is InChI=1S/C14H10BrClN6O3/c15-9-5-17-21(7-9)6-8-2-1-3-10(4-8)18-14(23)12-11(16)13(20-19-12)22(24)25/h1-5,7H,6H2,(H,18,23)(H,19,20). The van der Waals surface area contributed by atoms with Crippen molar-refractivity contribution < 1.29 is 9.72 Å². The summed E-state index contributed by atoms with van der Waals surface area (Å²) in [7, 11) is 0. The summed E-state index contributed by atoms with van der Waals surface area (Å²) in [4.78, 5) is 22.2. The molecule has 9 nitrogen and oxygen atoms in total. The van der Waals surface area contributed by atoms with Crippen molar-refractivity contribution in [3.05, 3.63) is 67.5 Å². The number of aromatic amines is 1. The topological polar surface area (TPSA) is 119 Å². The maximum Gasteiger partial charge on any atom is 0.362 e. The minimum absolute atomic E-state index is 0.241. The highest BCUT2D eigenvalue weighted by molar-refractivity contribution is 9.10. The van der Waals surface area contributed by atoms with Crippen molar-refractivity contribution in [1.29, 1.82) is 0 Å². The molecule has 25 heavy (non-hydrogen) atoms. The smallest absolute Gasteiger partial charge is 0.358 e. The van der Waals surface area contributed by atoms with Gasteiger partial charge in [0.05, 0.1) is 17.2 Å². The Morgan fingerprint density at radius 3 is 2.92 bits per heavy atom. The maximum absolute atomic E-state index is 12.2. The van der Waals surface area contributed by atoms with Crippen molar-refractivity contribution in [3.63, 3.8) is 0 Å². The number of hydrogen-bond donors (Lipinski definition) is 2. The van der Waals surface area contributed by atoms with Crippen molar-refractivity contribution in [2.45, 2.75) is 6.54 Å². The highest BCUT2D eigenvalue weighted by Gasteiger charge is 2.25. The molecule has 11 heteroatoms. The van der Waals surface area contributed by atoms with E-state index < -0.39 is 16.6 Å². The minimum Gasteiger partial charge on any atom is -0.358 e. The Morgan fingerprint density at radius 2 is 2.28 bits per heavy atom. The van der Waals surface area contributed by atoms with Gasteiger partial charge in [-0.25, -0.2) is 0 Å². The Bertz CT molecular complexity index is 954. The second-order valence-electron chi connectivity index (χ2n) is 5.00. The van der Waals surface area contributed by atoms with E-state index in [9.17, 15) is 14.9 Å². The summed E-state index contributed by atoms with van der Waals surface area (Å²) in [5, 5.41) is 22.9. The number of carbonyl (C=O) groups excluding carboxylic acids is 1. The SMILES string of the molecule is O=C(Nc1cccc(Cn2cc(Br)cn2)c1)c1n[nH]c([N+](=O)[O-])c1Cl. The van der Waals surface area contributed by atoms with E-state index >= 15 is 0 Å². The molecule has 0 radical (unpaired) electrons. The third-order valence-corrected chi connectivity index (χ3v) is 3.99. The van der Waals surface area contributed by atoms with Crippen LogP contribution < -0.4 is 5.32 Å². The van der Waals surface area contributed by atoms with Gasteiger partial charge in [-0.3, -0.25) is 9.48 Å². The second kappa shape index (κ2) is 7.03. The molecule has 3 aromatic rings. The van der Waals surface area contributed by atoms with E-state index in [0.29, 0.717) is 12.2 Å².